The monoisotopic (exact) mass is 244 g/mol. The third-order valence-electron chi connectivity index (χ3n) is 2.89. The van der Waals surface area contributed by atoms with E-state index in [2.05, 4.69) is 45.0 Å². The Hall–Kier alpha value is -1.77. The lowest BCUT2D eigenvalue weighted by molar-refractivity contribution is 0.322. The van der Waals surface area contributed by atoms with Crippen molar-refractivity contribution in [3.8, 4) is 11.1 Å². The molecule has 1 heterocycles. The summed E-state index contributed by atoms with van der Waals surface area (Å²) in [5, 5.41) is 3.92. The van der Waals surface area contributed by atoms with Crippen LogP contribution >= 0.6 is 0 Å². The summed E-state index contributed by atoms with van der Waals surface area (Å²) in [7, 11) is 0. The zero-order valence-electron chi connectivity index (χ0n) is 11.4. The summed E-state index contributed by atoms with van der Waals surface area (Å²) in [4.78, 5) is 0. The molecular formula is C15H20N2O. The van der Waals surface area contributed by atoms with Crippen molar-refractivity contribution in [3.05, 3.63) is 35.6 Å². The van der Waals surface area contributed by atoms with Crippen LogP contribution in [0.3, 0.4) is 0 Å². The maximum atomic E-state index is 5.96. The van der Waals surface area contributed by atoms with Crippen molar-refractivity contribution >= 4 is 5.82 Å². The highest BCUT2D eigenvalue weighted by molar-refractivity contribution is 5.77. The normalized spacial score (nSPS) is 11.8. The van der Waals surface area contributed by atoms with E-state index in [4.69, 9.17) is 10.3 Å². The Morgan fingerprint density at radius 1 is 1.22 bits per heavy atom. The summed E-state index contributed by atoms with van der Waals surface area (Å²) in [6.45, 7) is 8.59. The number of anilines is 1. The molecular weight excluding hydrogens is 224 g/mol. The molecule has 0 saturated carbocycles. The average Bonchev–Trinajstić information content (AvgIpc) is 2.59. The molecule has 3 nitrogen and oxygen atoms in total. The minimum absolute atomic E-state index is 0.142. The molecule has 0 aliphatic heterocycles. The second-order valence-electron chi connectivity index (χ2n) is 5.92. The third-order valence-corrected chi connectivity index (χ3v) is 2.89. The Kier molecular flexibility index (Phi) is 3.16. The molecule has 0 aliphatic carbocycles. The maximum Gasteiger partial charge on any atom is 0.175 e. The molecule has 0 spiro atoms. The van der Waals surface area contributed by atoms with Crippen LogP contribution in [-0.2, 0) is 6.42 Å². The van der Waals surface area contributed by atoms with E-state index in [0.29, 0.717) is 5.82 Å². The van der Waals surface area contributed by atoms with E-state index in [0.717, 1.165) is 23.3 Å². The number of hydrogen-bond acceptors (Lipinski definition) is 3. The number of aryl methyl sites for hydroxylation is 1. The lowest BCUT2D eigenvalue weighted by atomic mass is 9.88. The topological polar surface area (TPSA) is 52.0 Å². The van der Waals surface area contributed by atoms with E-state index >= 15 is 0 Å². The first-order valence-electron chi connectivity index (χ1n) is 6.18. The first-order valence-corrected chi connectivity index (χ1v) is 6.18. The standard InChI is InChI=1S/C15H20N2O/c1-10-7-5-6-8-11(10)13-12(9-15(2,3)4)18-17-14(13)16/h5-8H,9H2,1-4H3,(H2,16,17). The lowest BCUT2D eigenvalue weighted by Gasteiger charge is -2.16. The fourth-order valence-corrected chi connectivity index (χ4v) is 2.08. The van der Waals surface area contributed by atoms with Crippen LogP contribution in [0.4, 0.5) is 5.82 Å². The molecule has 96 valence electrons. The molecule has 1 aromatic heterocycles. The molecule has 0 saturated heterocycles. The number of benzene rings is 1. The van der Waals surface area contributed by atoms with Crippen LogP contribution in [0, 0.1) is 12.3 Å². The van der Waals surface area contributed by atoms with Crippen molar-refractivity contribution in [1.29, 1.82) is 0 Å². The summed E-state index contributed by atoms with van der Waals surface area (Å²) in [6, 6.07) is 8.16. The molecule has 0 aliphatic rings. The molecule has 18 heavy (non-hydrogen) atoms. The van der Waals surface area contributed by atoms with Crippen LogP contribution in [0.25, 0.3) is 11.1 Å². The molecule has 0 amide bonds. The van der Waals surface area contributed by atoms with Gasteiger partial charge in [0.15, 0.2) is 5.82 Å². The first kappa shape index (κ1) is 12.7. The molecule has 3 heteroatoms. The highest BCUT2D eigenvalue weighted by Crippen LogP contribution is 2.35. The number of nitrogens with zero attached hydrogens (tertiary/aromatic N) is 1. The zero-order chi connectivity index (χ0) is 13.3. The molecule has 0 radical (unpaired) electrons. The van der Waals surface area contributed by atoms with E-state index in [9.17, 15) is 0 Å². The smallest absolute Gasteiger partial charge is 0.175 e. The van der Waals surface area contributed by atoms with Crippen molar-refractivity contribution in [2.45, 2.75) is 34.1 Å². The Balaban J connectivity index is 2.51. The average molecular weight is 244 g/mol. The van der Waals surface area contributed by atoms with Gasteiger partial charge < -0.3 is 10.3 Å². The van der Waals surface area contributed by atoms with Gasteiger partial charge in [-0.1, -0.05) is 50.2 Å². The van der Waals surface area contributed by atoms with Crippen LogP contribution < -0.4 is 5.73 Å². The van der Waals surface area contributed by atoms with Crippen LogP contribution in [0.5, 0.6) is 0 Å². The third kappa shape index (κ3) is 2.55. The first-order chi connectivity index (χ1) is 8.38. The minimum Gasteiger partial charge on any atom is -0.380 e. The SMILES string of the molecule is Cc1ccccc1-c1c(N)noc1CC(C)(C)C. The van der Waals surface area contributed by atoms with Crippen LogP contribution in [0.1, 0.15) is 32.1 Å². The number of nitrogens with two attached hydrogens (primary N) is 1. The van der Waals surface area contributed by atoms with Crippen molar-refractivity contribution in [2.75, 3.05) is 5.73 Å². The van der Waals surface area contributed by atoms with Gasteiger partial charge >= 0.3 is 0 Å². The fraction of sp³-hybridized carbons (Fsp3) is 0.400. The molecule has 0 fully saturated rings. The predicted molar refractivity (Wildman–Crippen MR) is 74.2 cm³/mol. The van der Waals surface area contributed by atoms with Gasteiger partial charge in [0.05, 0.1) is 5.56 Å². The van der Waals surface area contributed by atoms with Crippen LogP contribution in [-0.4, -0.2) is 5.16 Å². The van der Waals surface area contributed by atoms with E-state index in [-0.39, 0.29) is 5.41 Å². The van der Waals surface area contributed by atoms with Gasteiger partial charge in [-0.05, 0) is 23.5 Å². The molecule has 2 N–H and O–H groups in total. The van der Waals surface area contributed by atoms with Crippen molar-refractivity contribution in [2.24, 2.45) is 5.41 Å². The van der Waals surface area contributed by atoms with Gasteiger partial charge in [0.1, 0.15) is 5.76 Å². The predicted octanol–water partition coefficient (Wildman–Crippen LogP) is 3.82. The molecule has 2 aromatic rings. The van der Waals surface area contributed by atoms with Gasteiger partial charge in [-0.25, -0.2) is 0 Å². The van der Waals surface area contributed by atoms with Gasteiger partial charge in [0.25, 0.3) is 0 Å². The van der Waals surface area contributed by atoms with Crippen molar-refractivity contribution < 1.29 is 4.52 Å². The molecule has 0 atom stereocenters. The Labute approximate surface area is 108 Å². The van der Waals surface area contributed by atoms with Crippen molar-refractivity contribution in [1.82, 2.24) is 5.16 Å². The van der Waals surface area contributed by atoms with E-state index in [1.165, 1.54) is 5.56 Å². The largest absolute Gasteiger partial charge is 0.380 e. The van der Waals surface area contributed by atoms with Gasteiger partial charge in [0.2, 0.25) is 0 Å². The Bertz CT molecular complexity index is 550. The molecule has 1 aromatic carbocycles. The highest BCUT2D eigenvalue weighted by Gasteiger charge is 2.22. The Morgan fingerprint density at radius 2 is 1.89 bits per heavy atom. The summed E-state index contributed by atoms with van der Waals surface area (Å²) in [6.07, 6.45) is 0.820. The quantitative estimate of drug-likeness (QED) is 0.873. The second kappa shape index (κ2) is 4.48. The Morgan fingerprint density at radius 3 is 2.50 bits per heavy atom. The number of nitrogen functional groups attached to an aromatic ring is 1. The number of aromatic nitrogens is 1. The van der Waals surface area contributed by atoms with Gasteiger partial charge in [-0.2, -0.15) is 0 Å². The summed E-state index contributed by atoms with van der Waals surface area (Å²) >= 11 is 0. The number of rotatable bonds is 2. The van der Waals surface area contributed by atoms with E-state index < -0.39 is 0 Å². The summed E-state index contributed by atoms with van der Waals surface area (Å²) in [5.74, 6) is 1.35. The fourth-order valence-electron chi connectivity index (χ4n) is 2.08. The maximum absolute atomic E-state index is 5.96. The van der Waals surface area contributed by atoms with Crippen LogP contribution in [0.2, 0.25) is 0 Å². The minimum atomic E-state index is 0.142. The summed E-state index contributed by atoms with van der Waals surface area (Å²) in [5.41, 5.74) is 9.34. The van der Waals surface area contributed by atoms with Crippen molar-refractivity contribution in [3.63, 3.8) is 0 Å². The zero-order valence-corrected chi connectivity index (χ0v) is 11.4. The van der Waals surface area contributed by atoms with E-state index in [1.54, 1.807) is 0 Å². The van der Waals surface area contributed by atoms with Gasteiger partial charge in [-0.15, -0.1) is 0 Å². The lowest BCUT2D eigenvalue weighted by Crippen LogP contribution is -2.09. The number of hydrogen-bond donors (Lipinski definition) is 1. The molecule has 2 rings (SSSR count). The van der Waals surface area contributed by atoms with Crippen LogP contribution in [0.15, 0.2) is 28.8 Å². The summed E-state index contributed by atoms with van der Waals surface area (Å²) < 4.78 is 5.41. The molecule has 0 unspecified atom stereocenters. The molecule has 0 bridgehead atoms. The highest BCUT2D eigenvalue weighted by atomic mass is 16.5. The van der Waals surface area contributed by atoms with Gasteiger partial charge in [0, 0.05) is 6.42 Å². The second-order valence-corrected chi connectivity index (χ2v) is 5.92. The van der Waals surface area contributed by atoms with Gasteiger partial charge in [-0.3, -0.25) is 0 Å². The van der Waals surface area contributed by atoms with E-state index in [1.807, 2.05) is 12.1 Å².